The smallest absolute Gasteiger partial charge is 0.0784 e. The van der Waals surface area contributed by atoms with E-state index >= 15 is 0 Å². The van der Waals surface area contributed by atoms with Gasteiger partial charge >= 0.3 is 0 Å². The zero-order valence-electron chi connectivity index (χ0n) is 10.9. The van der Waals surface area contributed by atoms with E-state index in [4.69, 9.17) is 0 Å². The minimum absolute atomic E-state index is 0.187. The lowest BCUT2D eigenvalue weighted by Crippen LogP contribution is -2.14. The fourth-order valence-electron chi connectivity index (χ4n) is 3.23. The molecule has 96 valence electrons. The van der Waals surface area contributed by atoms with Crippen LogP contribution in [0.4, 0.5) is 0 Å². The highest BCUT2D eigenvalue weighted by Gasteiger charge is 2.44. The molecule has 0 saturated heterocycles. The minimum Gasteiger partial charge on any atom is -0.388 e. The number of aliphatic hydroxyl groups excluding tert-OH is 1. The van der Waals surface area contributed by atoms with E-state index in [0.29, 0.717) is 11.8 Å². The molecule has 2 aliphatic rings. The van der Waals surface area contributed by atoms with Crippen molar-refractivity contribution in [3.8, 4) is 0 Å². The molecule has 0 bridgehead atoms. The lowest BCUT2D eigenvalue weighted by molar-refractivity contribution is 0.180. The Balaban J connectivity index is 1.65. The van der Waals surface area contributed by atoms with Gasteiger partial charge in [0.2, 0.25) is 0 Å². The van der Waals surface area contributed by atoms with Gasteiger partial charge in [-0.2, -0.15) is 0 Å². The summed E-state index contributed by atoms with van der Waals surface area (Å²) in [5, 5.41) is 10.5. The molecule has 1 fully saturated rings. The second kappa shape index (κ2) is 5.27. The standard InChI is InChI=1S/C17H22O/c18-17(14-10-4-1-2-5-11-14)16-12-15(16)13-8-6-3-7-9-13/h3,6-10,15-18H,1-2,4-5,11-12H2. The van der Waals surface area contributed by atoms with Crippen molar-refractivity contribution < 1.29 is 5.11 Å². The molecule has 0 aromatic heterocycles. The third-order valence-corrected chi connectivity index (χ3v) is 4.43. The fraction of sp³-hybridized carbons (Fsp3) is 0.529. The monoisotopic (exact) mass is 242 g/mol. The minimum atomic E-state index is -0.187. The molecule has 3 unspecified atom stereocenters. The van der Waals surface area contributed by atoms with E-state index in [1.807, 2.05) is 0 Å². The molecule has 1 heteroatoms. The fourth-order valence-corrected chi connectivity index (χ4v) is 3.23. The topological polar surface area (TPSA) is 20.2 Å². The van der Waals surface area contributed by atoms with Crippen LogP contribution in [-0.2, 0) is 0 Å². The zero-order chi connectivity index (χ0) is 12.4. The first-order valence-electron chi connectivity index (χ1n) is 7.28. The first-order valence-corrected chi connectivity index (χ1v) is 7.28. The number of benzene rings is 1. The van der Waals surface area contributed by atoms with E-state index in [0.717, 1.165) is 19.3 Å². The van der Waals surface area contributed by atoms with Crippen molar-refractivity contribution in [1.29, 1.82) is 0 Å². The Bertz CT molecular complexity index is 420. The molecule has 3 rings (SSSR count). The van der Waals surface area contributed by atoms with E-state index < -0.39 is 0 Å². The molecule has 18 heavy (non-hydrogen) atoms. The Labute approximate surface area is 110 Å². The Morgan fingerprint density at radius 1 is 1.06 bits per heavy atom. The summed E-state index contributed by atoms with van der Waals surface area (Å²) in [6, 6.07) is 10.6. The van der Waals surface area contributed by atoms with Crippen LogP contribution in [0.15, 0.2) is 42.0 Å². The molecule has 1 aromatic carbocycles. The predicted molar refractivity (Wildman–Crippen MR) is 74.5 cm³/mol. The van der Waals surface area contributed by atoms with E-state index in [2.05, 4.69) is 36.4 Å². The highest BCUT2D eigenvalue weighted by Crippen LogP contribution is 2.51. The zero-order valence-corrected chi connectivity index (χ0v) is 10.9. The Morgan fingerprint density at radius 3 is 2.72 bits per heavy atom. The van der Waals surface area contributed by atoms with Gasteiger partial charge in [0, 0.05) is 0 Å². The summed E-state index contributed by atoms with van der Waals surface area (Å²) < 4.78 is 0. The van der Waals surface area contributed by atoms with E-state index in [1.54, 1.807) is 0 Å². The van der Waals surface area contributed by atoms with Crippen LogP contribution in [0.5, 0.6) is 0 Å². The quantitative estimate of drug-likeness (QED) is 0.793. The van der Waals surface area contributed by atoms with Gasteiger partial charge in [-0.3, -0.25) is 0 Å². The third-order valence-electron chi connectivity index (χ3n) is 4.43. The molecule has 3 atom stereocenters. The maximum absolute atomic E-state index is 10.5. The molecule has 1 N–H and O–H groups in total. The van der Waals surface area contributed by atoms with Crippen molar-refractivity contribution in [2.24, 2.45) is 5.92 Å². The van der Waals surface area contributed by atoms with Crippen LogP contribution in [0.2, 0.25) is 0 Å². The first-order chi connectivity index (χ1) is 8.86. The number of rotatable bonds is 3. The van der Waals surface area contributed by atoms with Gasteiger partial charge < -0.3 is 5.11 Å². The summed E-state index contributed by atoms with van der Waals surface area (Å²) in [4.78, 5) is 0. The Hall–Kier alpha value is -1.08. The molecule has 0 spiro atoms. The normalized spacial score (nSPS) is 29.3. The molecule has 1 saturated carbocycles. The van der Waals surface area contributed by atoms with Crippen molar-refractivity contribution in [3.63, 3.8) is 0 Å². The average Bonchev–Trinajstić information content (AvgIpc) is 3.23. The molecule has 0 amide bonds. The highest BCUT2D eigenvalue weighted by atomic mass is 16.3. The Morgan fingerprint density at radius 2 is 1.89 bits per heavy atom. The van der Waals surface area contributed by atoms with Crippen LogP contribution < -0.4 is 0 Å². The number of hydrogen-bond acceptors (Lipinski definition) is 1. The van der Waals surface area contributed by atoms with Crippen LogP contribution in [0.3, 0.4) is 0 Å². The average molecular weight is 242 g/mol. The summed E-state index contributed by atoms with van der Waals surface area (Å²) in [5.74, 6) is 1.06. The van der Waals surface area contributed by atoms with Gasteiger partial charge in [-0.15, -0.1) is 0 Å². The number of hydrogen-bond donors (Lipinski definition) is 1. The highest BCUT2D eigenvalue weighted by molar-refractivity contribution is 5.29. The van der Waals surface area contributed by atoms with Gasteiger partial charge in [0.25, 0.3) is 0 Å². The molecule has 0 heterocycles. The van der Waals surface area contributed by atoms with Gasteiger partial charge in [-0.05, 0) is 55.1 Å². The van der Waals surface area contributed by atoms with Crippen LogP contribution in [0.1, 0.15) is 50.0 Å². The van der Waals surface area contributed by atoms with Gasteiger partial charge in [0.15, 0.2) is 0 Å². The lowest BCUT2D eigenvalue weighted by atomic mass is 9.98. The van der Waals surface area contributed by atoms with Crippen LogP contribution in [0.25, 0.3) is 0 Å². The second-order valence-corrected chi connectivity index (χ2v) is 5.74. The molecule has 0 radical (unpaired) electrons. The summed E-state index contributed by atoms with van der Waals surface area (Å²) in [7, 11) is 0. The molecular weight excluding hydrogens is 220 g/mol. The first kappa shape index (κ1) is 12.0. The maximum Gasteiger partial charge on any atom is 0.0784 e. The van der Waals surface area contributed by atoms with Crippen molar-refractivity contribution in [3.05, 3.63) is 47.5 Å². The summed E-state index contributed by atoms with van der Waals surface area (Å²) in [6.07, 6.45) is 9.41. The second-order valence-electron chi connectivity index (χ2n) is 5.74. The van der Waals surface area contributed by atoms with Gasteiger partial charge in [0.1, 0.15) is 0 Å². The van der Waals surface area contributed by atoms with Crippen LogP contribution in [-0.4, -0.2) is 11.2 Å². The van der Waals surface area contributed by atoms with E-state index in [1.165, 1.54) is 30.4 Å². The summed E-state index contributed by atoms with van der Waals surface area (Å²) >= 11 is 0. The molecular formula is C17H22O. The van der Waals surface area contributed by atoms with Crippen LogP contribution in [0, 0.1) is 5.92 Å². The summed E-state index contributed by atoms with van der Waals surface area (Å²) in [5.41, 5.74) is 2.71. The third kappa shape index (κ3) is 2.51. The summed E-state index contributed by atoms with van der Waals surface area (Å²) in [6.45, 7) is 0. The maximum atomic E-state index is 10.5. The van der Waals surface area contributed by atoms with Gasteiger partial charge in [-0.1, -0.05) is 42.8 Å². The Kier molecular flexibility index (Phi) is 3.51. The molecule has 1 nitrogen and oxygen atoms in total. The number of allylic oxidation sites excluding steroid dienone is 1. The van der Waals surface area contributed by atoms with Crippen molar-refractivity contribution in [2.75, 3.05) is 0 Å². The largest absolute Gasteiger partial charge is 0.388 e. The van der Waals surface area contributed by atoms with Crippen LogP contribution >= 0.6 is 0 Å². The van der Waals surface area contributed by atoms with E-state index in [-0.39, 0.29) is 6.10 Å². The van der Waals surface area contributed by atoms with Gasteiger partial charge in [-0.25, -0.2) is 0 Å². The number of aliphatic hydroxyl groups is 1. The van der Waals surface area contributed by atoms with E-state index in [9.17, 15) is 5.11 Å². The predicted octanol–water partition coefficient (Wildman–Crippen LogP) is 4.04. The van der Waals surface area contributed by atoms with Crippen molar-refractivity contribution >= 4 is 0 Å². The molecule has 2 aliphatic carbocycles. The molecule has 0 aliphatic heterocycles. The van der Waals surface area contributed by atoms with Gasteiger partial charge in [0.05, 0.1) is 6.10 Å². The SMILES string of the molecule is OC(C1=CCCCCC1)C1CC1c1ccccc1. The van der Waals surface area contributed by atoms with Crippen molar-refractivity contribution in [1.82, 2.24) is 0 Å². The molecule has 1 aromatic rings. The lowest BCUT2D eigenvalue weighted by Gasteiger charge is -2.14. The van der Waals surface area contributed by atoms with Crippen molar-refractivity contribution in [2.45, 2.75) is 50.5 Å².